The van der Waals surface area contributed by atoms with E-state index in [1.54, 1.807) is 0 Å². The van der Waals surface area contributed by atoms with Gasteiger partial charge in [0.05, 0.1) is 25.8 Å². The lowest BCUT2D eigenvalue weighted by atomic mass is 10.0. The van der Waals surface area contributed by atoms with Crippen molar-refractivity contribution in [3.8, 4) is 0 Å². The molecule has 0 radical (unpaired) electrons. The van der Waals surface area contributed by atoms with Gasteiger partial charge in [-0.3, -0.25) is 9.69 Å². The maximum absolute atomic E-state index is 12.4. The summed E-state index contributed by atoms with van der Waals surface area (Å²) in [4.78, 5) is 16.8. The molecular weight excluding hydrogens is 256 g/mol. The third kappa shape index (κ3) is 3.32. The number of piperidine rings is 2. The Balaban J connectivity index is 1.56. The van der Waals surface area contributed by atoms with Gasteiger partial charge in [-0.05, 0) is 38.6 Å². The number of carbonyl (C=O) groups is 1. The summed E-state index contributed by atoms with van der Waals surface area (Å²) in [5.74, 6) is 0.287. The molecule has 5 nitrogen and oxygen atoms in total. The molecule has 1 atom stereocenters. The molecule has 0 bridgehead atoms. The molecule has 20 heavy (non-hydrogen) atoms. The average Bonchev–Trinajstić information content (AvgIpc) is 3.03. The molecule has 3 fully saturated rings. The van der Waals surface area contributed by atoms with Crippen LogP contribution < -0.4 is 0 Å². The van der Waals surface area contributed by atoms with Gasteiger partial charge in [-0.2, -0.15) is 0 Å². The molecular formula is C15H26N2O3. The first kappa shape index (κ1) is 14.3. The molecule has 0 spiro atoms. The van der Waals surface area contributed by atoms with E-state index < -0.39 is 0 Å². The fraction of sp³-hybridized carbons (Fsp3) is 0.933. The Kier molecular flexibility index (Phi) is 4.91. The maximum atomic E-state index is 12.4. The predicted molar refractivity (Wildman–Crippen MR) is 75.3 cm³/mol. The Labute approximate surface area is 121 Å². The minimum atomic E-state index is -0.121. The number of nitrogens with zero attached hydrogens (tertiary/aromatic N) is 2. The van der Waals surface area contributed by atoms with Crippen LogP contribution in [0.4, 0.5) is 0 Å². The highest BCUT2D eigenvalue weighted by Crippen LogP contribution is 2.24. The third-order valence-corrected chi connectivity index (χ3v) is 4.67. The van der Waals surface area contributed by atoms with Crippen molar-refractivity contribution >= 4 is 5.91 Å². The monoisotopic (exact) mass is 282 g/mol. The molecule has 3 heterocycles. The molecule has 3 saturated heterocycles. The summed E-state index contributed by atoms with van der Waals surface area (Å²) < 4.78 is 11.3. The smallest absolute Gasteiger partial charge is 0.236 e. The number of hydrogen-bond acceptors (Lipinski definition) is 4. The topological polar surface area (TPSA) is 42.0 Å². The Morgan fingerprint density at radius 1 is 0.950 bits per heavy atom. The van der Waals surface area contributed by atoms with E-state index in [-0.39, 0.29) is 18.2 Å². The number of rotatable bonds is 3. The first-order chi connectivity index (χ1) is 9.84. The molecule has 0 N–H and O–H groups in total. The third-order valence-electron chi connectivity index (χ3n) is 4.67. The summed E-state index contributed by atoms with van der Waals surface area (Å²) in [6.07, 6.45) is 6.93. The van der Waals surface area contributed by atoms with E-state index in [0.717, 1.165) is 38.9 Å². The SMILES string of the molecule is O=C(CN1CCCC[C@@H]1C1OCCO1)N1CCCCC1. The van der Waals surface area contributed by atoms with Crippen LogP contribution in [0.5, 0.6) is 0 Å². The number of likely N-dealkylation sites (tertiary alicyclic amines) is 2. The van der Waals surface area contributed by atoms with Gasteiger partial charge in [0.2, 0.25) is 5.91 Å². The molecule has 1 amide bonds. The van der Waals surface area contributed by atoms with E-state index in [1.807, 2.05) is 4.90 Å². The highest BCUT2D eigenvalue weighted by atomic mass is 16.7. The molecule has 3 aliphatic heterocycles. The second kappa shape index (κ2) is 6.87. The van der Waals surface area contributed by atoms with Gasteiger partial charge in [0.15, 0.2) is 6.29 Å². The van der Waals surface area contributed by atoms with E-state index in [1.165, 1.54) is 19.3 Å². The van der Waals surface area contributed by atoms with Gasteiger partial charge in [-0.15, -0.1) is 0 Å². The zero-order valence-corrected chi connectivity index (χ0v) is 12.3. The van der Waals surface area contributed by atoms with Crippen molar-refractivity contribution in [2.45, 2.75) is 50.9 Å². The quantitative estimate of drug-likeness (QED) is 0.781. The first-order valence-electron chi connectivity index (χ1n) is 8.09. The highest BCUT2D eigenvalue weighted by Gasteiger charge is 2.35. The summed E-state index contributed by atoms with van der Waals surface area (Å²) in [7, 11) is 0. The molecule has 3 aliphatic rings. The van der Waals surface area contributed by atoms with Crippen molar-refractivity contribution in [2.24, 2.45) is 0 Å². The van der Waals surface area contributed by atoms with Gasteiger partial charge in [0.25, 0.3) is 0 Å². The summed E-state index contributed by atoms with van der Waals surface area (Å²) in [6.45, 7) is 4.78. The fourth-order valence-corrected chi connectivity index (χ4v) is 3.54. The molecule has 114 valence electrons. The molecule has 0 aliphatic carbocycles. The molecule has 0 unspecified atom stereocenters. The minimum absolute atomic E-state index is 0.121. The summed E-state index contributed by atoms with van der Waals surface area (Å²) in [5, 5.41) is 0. The Morgan fingerprint density at radius 2 is 1.65 bits per heavy atom. The van der Waals surface area contributed by atoms with Crippen LogP contribution in [0.3, 0.4) is 0 Å². The number of carbonyl (C=O) groups excluding carboxylic acids is 1. The van der Waals surface area contributed by atoms with Gasteiger partial charge in [-0.1, -0.05) is 6.42 Å². The maximum Gasteiger partial charge on any atom is 0.236 e. The highest BCUT2D eigenvalue weighted by molar-refractivity contribution is 5.78. The molecule has 5 heteroatoms. The molecule has 0 saturated carbocycles. The standard InChI is InChI=1S/C15H26N2O3/c18-14(16-7-3-1-4-8-16)12-17-9-5-2-6-13(17)15-19-10-11-20-15/h13,15H,1-12H2/t13-/m1/s1. The molecule has 0 aromatic rings. The van der Waals surface area contributed by atoms with Gasteiger partial charge in [-0.25, -0.2) is 0 Å². The lowest BCUT2D eigenvalue weighted by Crippen LogP contribution is -2.52. The second-order valence-corrected chi connectivity index (χ2v) is 6.09. The van der Waals surface area contributed by atoms with Gasteiger partial charge in [0.1, 0.15) is 0 Å². The van der Waals surface area contributed by atoms with Crippen LogP contribution in [0, 0.1) is 0 Å². The minimum Gasteiger partial charge on any atom is -0.349 e. The Morgan fingerprint density at radius 3 is 2.40 bits per heavy atom. The van der Waals surface area contributed by atoms with E-state index in [2.05, 4.69) is 4.90 Å². The van der Waals surface area contributed by atoms with Crippen molar-refractivity contribution in [1.82, 2.24) is 9.80 Å². The van der Waals surface area contributed by atoms with E-state index >= 15 is 0 Å². The molecule has 3 rings (SSSR count). The predicted octanol–water partition coefficient (Wildman–Crippen LogP) is 1.23. The number of amides is 1. The summed E-state index contributed by atoms with van der Waals surface area (Å²) in [5.41, 5.74) is 0. The number of ether oxygens (including phenoxy) is 2. The number of hydrogen-bond donors (Lipinski definition) is 0. The van der Waals surface area contributed by atoms with E-state index in [0.29, 0.717) is 19.8 Å². The zero-order chi connectivity index (χ0) is 13.8. The van der Waals surface area contributed by atoms with Crippen molar-refractivity contribution < 1.29 is 14.3 Å². The van der Waals surface area contributed by atoms with Crippen LogP contribution in [-0.4, -0.2) is 67.4 Å². The van der Waals surface area contributed by atoms with Crippen LogP contribution in [0.25, 0.3) is 0 Å². The lowest BCUT2D eigenvalue weighted by Gasteiger charge is -2.38. The zero-order valence-electron chi connectivity index (χ0n) is 12.3. The van der Waals surface area contributed by atoms with Gasteiger partial charge >= 0.3 is 0 Å². The Hall–Kier alpha value is -0.650. The van der Waals surface area contributed by atoms with Crippen LogP contribution >= 0.6 is 0 Å². The summed E-state index contributed by atoms with van der Waals surface area (Å²) >= 11 is 0. The van der Waals surface area contributed by atoms with Crippen molar-refractivity contribution in [3.05, 3.63) is 0 Å². The summed E-state index contributed by atoms with van der Waals surface area (Å²) in [6, 6.07) is 0.264. The van der Waals surface area contributed by atoms with Crippen molar-refractivity contribution in [3.63, 3.8) is 0 Å². The van der Waals surface area contributed by atoms with Gasteiger partial charge < -0.3 is 14.4 Å². The van der Waals surface area contributed by atoms with Crippen LogP contribution in [-0.2, 0) is 14.3 Å². The second-order valence-electron chi connectivity index (χ2n) is 6.09. The largest absolute Gasteiger partial charge is 0.349 e. The Bertz CT molecular complexity index is 325. The van der Waals surface area contributed by atoms with Crippen LogP contribution in [0.1, 0.15) is 38.5 Å². The van der Waals surface area contributed by atoms with Crippen molar-refractivity contribution in [1.29, 1.82) is 0 Å². The van der Waals surface area contributed by atoms with E-state index in [4.69, 9.17) is 9.47 Å². The normalized spacial score (nSPS) is 29.8. The average molecular weight is 282 g/mol. The molecule has 0 aromatic heterocycles. The van der Waals surface area contributed by atoms with Crippen LogP contribution in [0.2, 0.25) is 0 Å². The molecule has 0 aromatic carbocycles. The van der Waals surface area contributed by atoms with Crippen molar-refractivity contribution in [2.75, 3.05) is 39.4 Å². The fourth-order valence-electron chi connectivity index (χ4n) is 3.54. The van der Waals surface area contributed by atoms with E-state index in [9.17, 15) is 4.79 Å². The lowest BCUT2D eigenvalue weighted by molar-refractivity contribution is -0.140. The van der Waals surface area contributed by atoms with Crippen LogP contribution in [0.15, 0.2) is 0 Å². The first-order valence-corrected chi connectivity index (χ1v) is 8.09. The van der Waals surface area contributed by atoms with Gasteiger partial charge in [0, 0.05) is 13.1 Å².